The molecule has 0 saturated carbocycles. The van der Waals surface area contributed by atoms with Crippen LogP contribution in [-0.4, -0.2) is 95.2 Å². The van der Waals surface area contributed by atoms with Crippen LogP contribution in [0.3, 0.4) is 0 Å². The number of amides is 2. The van der Waals surface area contributed by atoms with Gasteiger partial charge < -0.3 is 24.4 Å². The van der Waals surface area contributed by atoms with E-state index in [1.54, 1.807) is 17.9 Å². The number of carbonyl (C=O) groups excluding carboxylic acids is 2. The Morgan fingerprint density at radius 2 is 1.71 bits per heavy atom. The van der Waals surface area contributed by atoms with Crippen LogP contribution in [0, 0.1) is 0 Å². The molecule has 0 unspecified atom stereocenters. The Labute approximate surface area is 182 Å². The Bertz CT molecular complexity index is 894. The van der Waals surface area contributed by atoms with Crippen molar-refractivity contribution in [2.75, 3.05) is 59.7 Å². The molecule has 1 N–H and O–H groups in total. The second kappa shape index (κ2) is 10.4. The third-order valence-electron chi connectivity index (χ3n) is 5.25. The zero-order valence-electron chi connectivity index (χ0n) is 17.8. The quantitative estimate of drug-likeness (QED) is 0.596. The molecule has 1 aromatic carbocycles. The first-order valence-electron chi connectivity index (χ1n) is 10.2. The number of rotatable bonds is 7. The molecule has 0 aromatic heterocycles. The van der Waals surface area contributed by atoms with Gasteiger partial charge in [-0.2, -0.15) is 4.31 Å². The Kier molecular flexibility index (Phi) is 7.87. The Balaban J connectivity index is 1.69. The number of methoxy groups -OCH3 is 1. The van der Waals surface area contributed by atoms with Crippen molar-refractivity contribution in [3.63, 3.8) is 0 Å². The fraction of sp³-hybridized carbons (Fsp3) is 0.600. The van der Waals surface area contributed by atoms with E-state index in [0.717, 1.165) is 0 Å². The number of morpholine rings is 2. The lowest BCUT2D eigenvalue weighted by atomic mass is 10.1. The van der Waals surface area contributed by atoms with Crippen LogP contribution in [0.2, 0.25) is 0 Å². The van der Waals surface area contributed by atoms with Crippen LogP contribution in [0.5, 0.6) is 5.75 Å². The average Bonchev–Trinajstić information content (AvgIpc) is 2.79. The minimum Gasteiger partial charge on any atom is -0.495 e. The Morgan fingerprint density at radius 3 is 2.32 bits per heavy atom. The van der Waals surface area contributed by atoms with Crippen molar-refractivity contribution in [2.24, 2.45) is 0 Å². The van der Waals surface area contributed by atoms with Gasteiger partial charge in [0.1, 0.15) is 16.7 Å². The number of sulfonamides is 1. The van der Waals surface area contributed by atoms with Gasteiger partial charge in [-0.05, 0) is 24.6 Å². The summed E-state index contributed by atoms with van der Waals surface area (Å²) in [5.74, 6) is -0.317. The highest BCUT2D eigenvalue weighted by Crippen LogP contribution is 2.28. The summed E-state index contributed by atoms with van der Waals surface area (Å²) in [6.07, 6.45) is -0.0592. The summed E-state index contributed by atoms with van der Waals surface area (Å²) in [5.41, 5.74) is 0.510. The summed E-state index contributed by atoms with van der Waals surface area (Å²) >= 11 is 0. The van der Waals surface area contributed by atoms with Gasteiger partial charge in [-0.15, -0.1) is 0 Å². The van der Waals surface area contributed by atoms with Gasteiger partial charge in [0.25, 0.3) is 0 Å². The number of benzene rings is 1. The van der Waals surface area contributed by atoms with Crippen LogP contribution in [0.15, 0.2) is 23.1 Å². The predicted molar refractivity (Wildman–Crippen MR) is 111 cm³/mol. The van der Waals surface area contributed by atoms with Gasteiger partial charge in [0.15, 0.2) is 0 Å². The highest BCUT2D eigenvalue weighted by Gasteiger charge is 2.30. The number of carbonyl (C=O) groups is 2. The number of hydrogen-bond donors (Lipinski definition) is 1. The van der Waals surface area contributed by atoms with Gasteiger partial charge in [-0.1, -0.05) is 6.07 Å². The van der Waals surface area contributed by atoms with Crippen molar-refractivity contribution < 1.29 is 32.2 Å². The summed E-state index contributed by atoms with van der Waals surface area (Å²) in [4.78, 5) is 26.7. The molecule has 1 aromatic rings. The van der Waals surface area contributed by atoms with Crippen LogP contribution >= 0.6 is 0 Å². The Morgan fingerprint density at radius 1 is 1.10 bits per heavy atom. The molecule has 1 atom stereocenters. The van der Waals surface area contributed by atoms with Crippen LogP contribution in [-0.2, 0) is 35.5 Å². The standard InChI is InChI=1S/C20H29N3O7S/c1-15(20(25)22-5-9-29-10-6-22)21-19(24)14-16-3-4-17(28-2)18(13-16)31(26,27)23-7-11-30-12-8-23/h3-4,13,15H,5-12,14H2,1-2H3,(H,21,24)/t15-/m1/s1. The van der Waals surface area contributed by atoms with Crippen LogP contribution < -0.4 is 10.1 Å². The van der Waals surface area contributed by atoms with Gasteiger partial charge in [-0.25, -0.2) is 8.42 Å². The maximum absolute atomic E-state index is 13.1. The maximum Gasteiger partial charge on any atom is 0.246 e. The van der Waals surface area contributed by atoms with E-state index in [1.807, 2.05) is 0 Å². The topological polar surface area (TPSA) is 114 Å². The highest BCUT2D eigenvalue weighted by atomic mass is 32.2. The lowest BCUT2D eigenvalue weighted by molar-refractivity contribution is -0.139. The molecule has 0 aliphatic carbocycles. The number of nitrogens with zero attached hydrogens (tertiary/aromatic N) is 2. The Hall–Kier alpha value is -2.21. The first-order valence-corrected chi connectivity index (χ1v) is 11.7. The van der Waals surface area contributed by atoms with Crippen LogP contribution in [0.1, 0.15) is 12.5 Å². The molecule has 0 spiro atoms. The molecule has 2 fully saturated rings. The van der Waals surface area contributed by atoms with Gasteiger partial charge >= 0.3 is 0 Å². The molecular formula is C20H29N3O7S. The van der Waals surface area contributed by atoms with Gasteiger partial charge in [-0.3, -0.25) is 9.59 Å². The zero-order chi connectivity index (χ0) is 22.4. The number of nitrogens with one attached hydrogen (secondary N) is 1. The van der Waals surface area contributed by atoms with Crippen molar-refractivity contribution in [3.8, 4) is 5.75 Å². The molecule has 172 valence electrons. The van der Waals surface area contributed by atoms with Crippen LogP contribution in [0.25, 0.3) is 0 Å². The summed E-state index contributed by atoms with van der Waals surface area (Å²) in [6, 6.07) is 3.96. The molecule has 31 heavy (non-hydrogen) atoms. The molecular weight excluding hydrogens is 426 g/mol. The van der Waals surface area contributed by atoms with E-state index >= 15 is 0 Å². The average molecular weight is 456 g/mol. The van der Waals surface area contributed by atoms with E-state index in [2.05, 4.69) is 5.32 Å². The minimum atomic E-state index is -3.79. The van der Waals surface area contributed by atoms with Crippen molar-refractivity contribution in [1.29, 1.82) is 0 Å². The molecule has 3 rings (SSSR count). The SMILES string of the molecule is COc1ccc(CC(=O)N[C@H](C)C(=O)N2CCOCC2)cc1S(=O)(=O)N1CCOCC1. The molecule has 10 nitrogen and oxygen atoms in total. The lowest BCUT2D eigenvalue weighted by Gasteiger charge is -2.29. The fourth-order valence-electron chi connectivity index (χ4n) is 3.56. The van der Waals surface area contributed by atoms with E-state index in [4.69, 9.17) is 14.2 Å². The summed E-state index contributed by atoms with van der Waals surface area (Å²) in [7, 11) is -2.39. The fourth-order valence-corrected chi connectivity index (χ4v) is 5.17. The van der Waals surface area contributed by atoms with Gasteiger partial charge in [0, 0.05) is 26.2 Å². The molecule has 0 radical (unpaired) electrons. The van der Waals surface area contributed by atoms with E-state index in [0.29, 0.717) is 45.1 Å². The molecule has 2 aliphatic rings. The van der Waals surface area contributed by atoms with E-state index in [1.165, 1.54) is 23.5 Å². The van der Waals surface area contributed by atoms with Crippen molar-refractivity contribution >= 4 is 21.8 Å². The summed E-state index contributed by atoms with van der Waals surface area (Å²) in [6.45, 7) is 4.79. The van der Waals surface area contributed by atoms with E-state index in [-0.39, 0.29) is 42.0 Å². The predicted octanol–water partition coefficient (Wildman–Crippen LogP) is -0.378. The van der Waals surface area contributed by atoms with Crippen molar-refractivity contribution in [1.82, 2.24) is 14.5 Å². The lowest BCUT2D eigenvalue weighted by Crippen LogP contribution is -2.50. The van der Waals surface area contributed by atoms with Crippen molar-refractivity contribution in [2.45, 2.75) is 24.3 Å². The molecule has 2 saturated heterocycles. The minimum absolute atomic E-state index is 0.0136. The smallest absolute Gasteiger partial charge is 0.246 e. The second-order valence-electron chi connectivity index (χ2n) is 7.41. The van der Waals surface area contributed by atoms with Gasteiger partial charge in [0.2, 0.25) is 21.8 Å². The van der Waals surface area contributed by atoms with Crippen molar-refractivity contribution in [3.05, 3.63) is 23.8 Å². The highest BCUT2D eigenvalue weighted by molar-refractivity contribution is 7.89. The molecule has 0 bridgehead atoms. The monoisotopic (exact) mass is 455 g/mol. The zero-order valence-corrected chi connectivity index (χ0v) is 18.7. The van der Waals surface area contributed by atoms with Gasteiger partial charge in [0.05, 0.1) is 40.0 Å². The second-order valence-corrected chi connectivity index (χ2v) is 9.31. The number of ether oxygens (including phenoxy) is 3. The maximum atomic E-state index is 13.1. The summed E-state index contributed by atoms with van der Waals surface area (Å²) < 4.78 is 43.2. The first-order chi connectivity index (χ1) is 14.8. The third kappa shape index (κ3) is 5.73. The van der Waals surface area contributed by atoms with Crippen LogP contribution in [0.4, 0.5) is 0 Å². The van der Waals surface area contributed by atoms with E-state index in [9.17, 15) is 18.0 Å². The molecule has 2 amide bonds. The third-order valence-corrected chi connectivity index (χ3v) is 7.17. The summed E-state index contributed by atoms with van der Waals surface area (Å²) in [5, 5.41) is 2.70. The molecule has 11 heteroatoms. The first kappa shape index (κ1) is 23.5. The van der Waals surface area contributed by atoms with E-state index < -0.39 is 16.1 Å². The molecule has 2 aliphatic heterocycles. The molecule has 2 heterocycles. The normalized spacial score (nSPS) is 19.0. The largest absolute Gasteiger partial charge is 0.495 e. The number of hydrogen-bond acceptors (Lipinski definition) is 7.